The van der Waals surface area contributed by atoms with Gasteiger partial charge >= 0.3 is 0 Å². The maximum absolute atomic E-state index is 13.4. The summed E-state index contributed by atoms with van der Waals surface area (Å²) in [7, 11) is 0. The zero-order valence-corrected chi connectivity index (χ0v) is 14.7. The van der Waals surface area contributed by atoms with Gasteiger partial charge in [-0.2, -0.15) is 0 Å². The number of hydrogen-bond donors (Lipinski definition) is 2. The zero-order chi connectivity index (χ0) is 18.2. The highest BCUT2D eigenvalue weighted by Gasteiger charge is 2.08. The van der Waals surface area contributed by atoms with Gasteiger partial charge < -0.3 is 10.6 Å². The molecule has 0 aliphatic heterocycles. The zero-order valence-electron chi connectivity index (χ0n) is 13.9. The first kappa shape index (κ1) is 18.9. The number of hydrogen-bond acceptors (Lipinski definition) is 2. The van der Waals surface area contributed by atoms with Crippen molar-refractivity contribution in [3.8, 4) is 0 Å². The summed E-state index contributed by atoms with van der Waals surface area (Å²) in [5.41, 5.74) is 1.75. The summed E-state index contributed by atoms with van der Waals surface area (Å²) in [6, 6.07) is 11.7. The third-order valence-electron chi connectivity index (χ3n) is 3.70. The summed E-state index contributed by atoms with van der Waals surface area (Å²) in [5.74, 6) is -0.885. The van der Waals surface area contributed by atoms with Gasteiger partial charge in [0.2, 0.25) is 5.91 Å². The van der Waals surface area contributed by atoms with E-state index >= 15 is 0 Å². The molecule has 0 unspecified atom stereocenters. The molecule has 2 aromatic carbocycles. The van der Waals surface area contributed by atoms with E-state index in [1.807, 2.05) is 18.2 Å². The highest BCUT2D eigenvalue weighted by molar-refractivity contribution is 6.30. The van der Waals surface area contributed by atoms with Gasteiger partial charge in [0.25, 0.3) is 5.91 Å². The van der Waals surface area contributed by atoms with E-state index in [9.17, 15) is 14.0 Å². The summed E-state index contributed by atoms with van der Waals surface area (Å²) in [6.45, 7) is 2.22. The van der Waals surface area contributed by atoms with Crippen LogP contribution in [0.15, 0.2) is 42.5 Å². The van der Waals surface area contributed by atoms with Crippen molar-refractivity contribution in [3.63, 3.8) is 0 Å². The molecule has 0 atom stereocenters. The van der Waals surface area contributed by atoms with Crippen LogP contribution >= 0.6 is 11.6 Å². The number of amides is 2. The van der Waals surface area contributed by atoms with Crippen LogP contribution in [0.2, 0.25) is 5.02 Å². The van der Waals surface area contributed by atoms with Gasteiger partial charge in [0.05, 0.1) is 0 Å². The first-order valence-corrected chi connectivity index (χ1v) is 8.39. The van der Waals surface area contributed by atoms with E-state index in [0.29, 0.717) is 30.0 Å². The lowest BCUT2D eigenvalue weighted by Crippen LogP contribution is -2.34. The molecule has 0 saturated carbocycles. The van der Waals surface area contributed by atoms with Gasteiger partial charge in [0.1, 0.15) is 5.82 Å². The first-order valence-electron chi connectivity index (χ1n) is 8.01. The lowest BCUT2D eigenvalue weighted by molar-refractivity contribution is -0.121. The van der Waals surface area contributed by atoms with E-state index in [1.165, 1.54) is 6.07 Å². The van der Waals surface area contributed by atoms with E-state index in [0.717, 1.165) is 5.56 Å². The van der Waals surface area contributed by atoms with Crippen molar-refractivity contribution in [2.75, 3.05) is 13.1 Å². The van der Waals surface area contributed by atoms with Crippen LogP contribution < -0.4 is 10.6 Å². The minimum Gasteiger partial charge on any atom is -0.354 e. The van der Waals surface area contributed by atoms with Crippen LogP contribution in [0, 0.1) is 12.7 Å². The average molecular weight is 363 g/mol. The van der Waals surface area contributed by atoms with Crippen molar-refractivity contribution in [3.05, 3.63) is 70.0 Å². The number of carbonyl (C=O) groups is 2. The molecule has 25 heavy (non-hydrogen) atoms. The molecule has 2 N–H and O–H groups in total. The fourth-order valence-corrected chi connectivity index (χ4v) is 2.47. The van der Waals surface area contributed by atoms with E-state index in [-0.39, 0.29) is 23.9 Å². The standard InChI is InChI=1S/C19H20ClFN2O2/c1-13-5-7-15(12-17(13)21)19(25)23-10-9-22-18(24)8-6-14-3-2-4-16(20)11-14/h2-5,7,11-12H,6,8-10H2,1H3,(H,22,24)(H,23,25). The van der Waals surface area contributed by atoms with Crippen LogP contribution in [0.5, 0.6) is 0 Å². The molecule has 0 aliphatic rings. The van der Waals surface area contributed by atoms with E-state index in [2.05, 4.69) is 10.6 Å². The maximum atomic E-state index is 13.4. The number of aryl methyl sites for hydroxylation is 2. The molecule has 4 nitrogen and oxygen atoms in total. The largest absolute Gasteiger partial charge is 0.354 e. The monoisotopic (exact) mass is 362 g/mol. The van der Waals surface area contributed by atoms with E-state index in [1.54, 1.807) is 25.1 Å². The Kier molecular flexibility index (Phi) is 6.95. The predicted molar refractivity (Wildman–Crippen MR) is 96.3 cm³/mol. The molecule has 0 heterocycles. The predicted octanol–water partition coefficient (Wildman–Crippen LogP) is 3.27. The molecule has 0 radical (unpaired) electrons. The second kappa shape index (κ2) is 9.18. The summed E-state index contributed by atoms with van der Waals surface area (Å²) < 4.78 is 13.4. The Morgan fingerprint density at radius 1 is 1.08 bits per heavy atom. The first-order chi connectivity index (χ1) is 12.0. The Hall–Kier alpha value is -2.40. The van der Waals surface area contributed by atoms with Crippen LogP contribution in [0.25, 0.3) is 0 Å². The number of benzene rings is 2. The number of halogens is 2. The molecular weight excluding hydrogens is 343 g/mol. The van der Waals surface area contributed by atoms with Gasteiger partial charge in [-0.3, -0.25) is 9.59 Å². The Morgan fingerprint density at radius 2 is 1.84 bits per heavy atom. The number of rotatable bonds is 7. The SMILES string of the molecule is Cc1ccc(C(=O)NCCNC(=O)CCc2cccc(Cl)c2)cc1F. The van der Waals surface area contributed by atoms with Crippen molar-refractivity contribution in [2.45, 2.75) is 19.8 Å². The number of nitrogens with one attached hydrogen (secondary N) is 2. The molecule has 6 heteroatoms. The van der Waals surface area contributed by atoms with Crippen molar-refractivity contribution in [1.82, 2.24) is 10.6 Å². The Bertz CT molecular complexity index is 765. The molecule has 2 rings (SSSR count). The van der Waals surface area contributed by atoms with Crippen molar-refractivity contribution in [1.29, 1.82) is 0 Å². The minimum atomic E-state index is -0.415. The second-order valence-electron chi connectivity index (χ2n) is 5.70. The Balaban J connectivity index is 1.67. The molecular formula is C19H20ClFN2O2. The van der Waals surface area contributed by atoms with Gasteiger partial charge in [0.15, 0.2) is 0 Å². The molecule has 0 saturated heterocycles. The maximum Gasteiger partial charge on any atom is 0.251 e. The molecule has 2 aromatic rings. The summed E-state index contributed by atoms with van der Waals surface area (Å²) >= 11 is 5.90. The molecule has 0 fully saturated rings. The lowest BCUT2D eigenvalue weighted by atomic mass is 10.1. The lowest BCUT2D eigenvalue weighted by Gasteiger charge is -2.08. The quantitative estimate of drug-likeness (QED) is 0.743. The number of carbonyl (C=O) groups excluding carboxylic acids is 2. The third kappa shape index (κ3) is 6.19. The van der Waals surface area contributed by atoms with Crippen molar-refractivity contribution in [2.24, 2.45) is 0 Å². The molecule has 0 spiro atoms. The third-order valence-corrected chi connectivity index (χ3v) is 3.93. The molecule has 132 valence electrons. The molecule has 0 aliphatic carbocycles. The molecule has 0 bridgehead atoms. The molecule has 2 amide bonds. The smallest absolute Gasteiger partial charge is 0.251 e. The van der Waals surface area contributed by atoms with Gasteiger partial charge in [-0.15, -0.1) is 0 Å². The van der Waals surface area contributed by atoms with Crippen molar-refractivity contribution >= 4 is 23.4 Å². The van der Waals surface area contributed by atoms with Crippen LogP contribution in [0.1, 0.15) is 27.9 Å². The van der Waals surface area contributed by atoms with E-state index < -0.39 is 5.82 Å². The Labute approximate surface area is 151 Å². The van der Waals surface area contributed by atoms with Crippen LogP contribution in [-0.2, 0) is 11.2 Å². The van der Waals surface area contributed by atoms with Gasteiger partial charge in [-0.05, 0) is 48.7 Å². The second-order valence-corrected chi connectivity index (χ2v) is 6.14. The fourth-order valence-electron chi connectivity index (χ4n) is 2.25. The van der Waals surface area contributed by atoms with Gasteiger partial charge in [-0.25, -0.2) is 4.39 Å². The summed E-state index contributed by atoms with van der Waals surface area (Å²) in [4.78, 5) is 23.7. The van der Waals surface area contributed by atoms with Crippen LogP contribution in [0.4, 0.5) is 4.39 Å². The average Bonchev–Trinajstić information content (AvgIpc) is 2.59. The highest BCUT2D eigenvalue weighted by Crippen LogP contribution is 2.12. The fraction of sp³-hybridized carbons (Fsp3) is 0.263. The topological polar surface area (TPSA) is 58.2 Å². The summed E-state index contributed by atoms with van der Waals surface area (Å²) in [5, 5.41) is 6.03. The highest BCUT2D eigenvalue weighted by atomic mass is 35.5. The minimum absolute atomic E-state index is 0.101. The molecule has 0 aromatic heterocycles. The summed E-state index contributed by atoms with van der Waals surface area (Å²) in [6.07, 6.45) is 0.943. The van der Waals surface area contributed by atoms with Gasteiger partial charge in [-0.1, -0.05) is 29.8 Å². The van der Waals surface area contributed by atoms with Crippen LogP contribution in [-0.4, -0.2) is 24.9 Å². The van der Waals surface area contributed by atoms with Crippen molar-refractivity contribution < 1.29 is 14.0 Å². The Morgan fingerprint density at radius 3 is 2.56 bits per heavy atom. The van der Waals surface area contributed by atoms with Crippen LogP contribution in [0.3, 0.4) is 0 Å². The van der Waals surface area contributed by atoms with E-state index in [4.69, 9.17) is 11.6 Å². The normalized spacial score (nSPS) is 10.4. The van der Waals surface area contributed by atoms with Gasteiger partial charge in [0, 0.05) is 30.1 Å².